The maximum Gasteiger partial charge on any atom is 0.126 e. The van der Waals surface area contributed by atoms with Crippen molar-refractivity contribution >= 4 is 5.82 Å². The highest BCUT2D eigenvalue weighted by Crippen LogP contribution is 2.30. The molecule has 2 saturated heterocycles. The van der Waals surface area contributed by atoms with Gasteiger partial charge in [0, 0.05) is 12.0 Å². The molecule has 2 aliphatic rings. The van der Waals surface area contributed by atoms with Crippen LogP contribution in [0.1, 0.15) is 31.5 Å². The van der Waals surface area contributed by atoms with E-state index in [4.69, 9.17) is 9.72 Å². The standard InChI is InChI=1S/C15H23N3O/c1-15(10-19-11-15)9-16-14-7-3-5-12(17-14)13-6-4-8-18(13)2/h3,5,7,13H,4,6,8-11H2,1-2H3,(H,16,17)/t13-/m0/s1. The van der Waals surface area contributed by atoms with Gasteiger partial charge < -0.3 is 10.1 Å². The van der Waals surface area contributed by atoms with Crippen molar-refractivity contribution < 1.29 is 4.74 Å². The average molecular weight is 261 g/mol. The Labute approximate surface area is 115 Å². The molecule has 1 aromatic heterocycles. The zero-order chi connectivity index (χ0) is 13.3. The topological polar surface area (TPSA) is 37.4 Å². The first-order chi connectivity index (χ1) is 9.16. The minimum Gasteiger partial charge on any atom is -0.380 e. The minimum absolute atomic E-state index is 0.280. The maximum absolute atomic E-state index is 5.28. The van der Waals surface area contributed by atoms with Gasteiger partial charge in [0.25, 0.3) is 0 Å². The summed E-state index contributed by atoms with van der Waals surface area (Å²) in [6.07, 6.45) is 2.49. The third-order valence-corrected chi connectivity index (χ3v) is 4.23. The van der Waals surface area contributed by atoms with E-state index in [1.54, 1.807) is 0 Å². The molecule has 104 valence electrons. The predicted molar refractivity (Wildman–Crippen MR) is 76.3 cm³/mol. The average Bonchev–Trinajstić information content (AvgIpc) is 2.81. The smallest absolute Gasteiger partial charge is 0.126 e. The molecule has 1 atom stereocenters. The van der Waals surface area contributed by atoms with Gasteiger partial charge in [0.1, 0.15) is 5.82 Å². The lowest BCUT2D eigenvalue weighted by molar-refractivity contribution is -0.0924. The van der Waals surface area contributed by atoms with Crippen LogP contribution in [0.4, 0.5) is 5.82 Å². The van der Waals surface area contributed by atoms with Crippen LogP contribution in [0.5, 0.6) is 0 Å². The summed E-state index contributed by atoms with van der Waals surface area (Å²) in [5.41, 5.74) is 1.47. The van der Waals surface area contributed by atoms with Crippen molar-refractivity contribution in [2.75, 3.05) is 38.7 Å². The van der Waals surface area contributed by atoms with Crippen molar-refractivity contribution in [1.82, 2.24) is 9.88 Å². The number of nitrogens with zero attached hydrogens (tertiary/aromatic N) is 2. The van der Waals surface area contributed by atoms with Crippen molar-refractivity contribution in [2.45, 2.75) is 25.8 Å². The lowest BCUT2D eigenvalue weighted by Gasteiger charge is -2.38. The van der Waals surface area contributed by atoms with E-state index in [-0.39, 0.29) is 5.41 Å². The number of rotatable bonds is 4. The number of anilines is 1. The Bertz CT molecular complexity index is 445. The Morgan fingerprint density at radius 1 is 1.47 bits per heavy atom. The van der Waals surface area contributed by atoms with Crippen LogP contribution in [-0.2, 0) is 4.74 Å². The molecule has 0 unspecified atom stereocenters. The van der Waals surface area contributed by atoms with Crippen molar-refractivity contribution in [3.8, 4) is 0 Å². The van der Waals surface area contributed by atoms with E-state index in [0.717, 1.165) is 25.6 Å². The van der Waals surface area contributed by atoms with Crippen molar-refractivity contribution in [3.63, 3.8) is 0 Å². The zero-order valence-electron chi connectivity index (χ0n) is 11.9. The van der Waals surface area contributed by atoms with Crippen LogP contribution in [0.15, 0.2) is 18.2 Å². The van der Waals surface area contributed by atoms with Crippen molar-refractivity contribution in [2.24, 2.45) is 5.41 Å². The zero-order valence-corrected chi connectivity index (χ0v) is 11.9. The molecular formula is C15H23N3O. The normalized spacial score (nSPS) is 26.1. The summed E-state index contributed by atoms with van der Waals surface area (Å²) >= 11 is 0. The Balaban J connectivity index is 1.65. The summed E-state index contributed by atoms with van der Waals surface area (Å²) in [5.74, 6) is 0.992. The van der Waals surface area contributed by atoms with Crippen LogP contribution < -0.4 is 5.32 Å². The van der Waals surface area contributed by atoms with E-state index in [0.29, 0.717) is 6.04 Å². The number of nitrogens with one attached hydrogen (secondary N) is 1. The van der Waals surface area contributed by atoms with Gasteiger partial charge in [-0.2, -0.15) is 0 Å². The highest BCUT2D eigenvalue weighted by atomic mass is 16.5. The van der Waals surface area contributed by atoms with Gasteiger partial charge in [0.15, 0.2) is 0 Å². The summed E-state index contributed by atoms with van der Waals surface area (Å²) in [4.78, 5) is 7.17. The van der Waals surface area contributed by atoms with Gasteiger partial charge in [-0.25, -0.2) is 4.98 Å². The predicted octanol–water partition coefficient (Wildman–Crippen LogP) is 2.30. The number of ether oxygens (including phenoxy) is 1. The number of likely N-dealkylation sites (tertiary alicyclic amines) is 1. The monoisotopic (exact) mass is 261 g/mol. The minimum atomic E-state index is 0.280. The SMILES string of the molecule is CN1CCC[C@H]1c1cccc(NCC2(C)COC2)n1. The van der Waals surface area contributed by atoms with Gasteiger partial charge in [-0.15, -0.1) is 0 Å². The fraction of sp³-hybridized carbons (Fsp3) is 0.667. The fourth-order valence-corrected chi connectivity index (χ4v) is 2.88. The summed E-state index contributed by atoms with van der Waals surface area (Å²) in [6.45, 7) is 6.07. The van der Waals surface area contributed by atoms with Crippen molar-refractivity contribution in [1.29, 1.82) is 0 Å². The Hall–Kier alpha value is -1.13. The molecular weight excluding hydrogens is 238 g/mol. The Kier molecular flexibility index (Phi) is 3.46. The molecule has 19 heavy (non-hydrogen) atoms. The van der Waals surface area contributed by atoms with Gasteiger partial charge in [-0.1, -0.05) is 13.0 Å². The molecule has 0 radical (unpaired) electrons. The van der Waals surface area contributed by atoms with E-state index in [1.807, 2.05) is 0 Å². The summed E-state index contributed by atoms with van der Waals surface area (Å²) in [5, 5.41) is 3.46. The first-order valence-corrected chi connectivity index (χ1v) is 7.15. The molecule has 4 heteroatoms. The molecule has 0 aliphatic carbocycles. The summed E-state index contributed by atoms with van der Waals surface area (Å²) < 4.78 is 5.28. The number of pyridine rings is 1. The molecule has 0 amide bonds. The van der Waals surface area contributed by atoms with Crippen LogP contribution in [0.2, 0.25) is 0 Å². The van der Waals surface area contributed by atoms with Gasteiger partial charge in [0.2, 0.25) is 0 Å². The van der Waals surface area contributed by atoms with Crippen LogP contribution in [0, 0.1) is 5.41 Å². The molecule has 0 bridgehead atoms. The second kappa shape index (κ2) is 5.10. The first kappa shape index (κ1) is 12.9. The molecule has 1 N–H and O–H groups in total. The lowest BCUT2D eigenvalue weighted by atomic mass is 9.89. The third kappa shape index (κ3) is 2.74. The highest BCUT2D eigenvalue weighted by molar-refractivity contribution is 5.36. The van der Waals surface area contributed by atoms with E-state index in [9.17, 15) is 0 Å². The highest BCUT2D eigenvalue weighted by Gasteiger charge is 2.33. The van der Waals surface area contributed by atoms with E-state index in [2.05, 4.69) is 42.4 Å². The first-order valence-electron chi connectivity index (χ1n) is 7.15. The second-order valence-corrected chi connectivity index (χ2v) is 6.24. The molecule has 3 heterocycles. The fourth-order valence-electron chi connectivity index (χ4n) is 2.88. The molecule has 2 aliphatic heterocycles. The number of aromatic nitrogens is 1. The number of hydrogen-bond acceptors (Lipinski definition) is 4. The summed E-state index contributed by atoms with van der Waals surface area (Å²) in [6, 6.07) is 6.80. The van der Waals surface area contributed by atoms with E-state index < -0.39 is 0 Å². The van der Waals surface area contributed by atoms with Crippen LogP contribution >= 0.6 is 0 Å². The molecule has 2 fully saturated rings. The van der Waals surface area contributed by atoms with Gasteiger partial charge in [-0.3, -0.25) is 4.90 Å². The Morgan fingerprint density at radius 3 is 2.95 bits per heavy atom. The quantitative estimate of drug-likeness (QED) is 0.902. The van der Waals surface area contributed by atoms with E-state index in [1.165, 1.54) is 25.1 Å². The molecule has 0 spiro atoms. The van der Waals surface area contributed by atoms with E-state index >= 15 is 0 Å². The van der Waals surface area contributed by atoms with Crippen LogP contribution in [0.25, 0.3) is 0 Å². The second-order valence-electron chi connectivity index (χ2n) is 6.24. The van der Waals surface area contributed by atoms with Gasteiger partial charge >= 0.3 is 0 Å². The Morgan fingerprint density at radius 2 is 2.32 bits per heavy atom. The van der Waals surface area contributed by atoms with Crippen LogP contribution in [0.3, 0.4) is 0 Å². The van der Waals surface area contributed by atoms with Crippen molar-refractivity contribution in [3.05, 3.63) is 23.9 Å². The maximum atomic E-state index is 5.28. The largest absolute Gasteiger partial charge is 0.380 e. The van der Waals surface area contributed by atoms with Gasteiger partial charge in [0.05, 0.1) is 24.9 Å². The van der Waals surface area contributed by atoms with Gasteiger partial charge in [-0.05, 0) is 38.6 Å². The summed E-state index contributed by atoms with van der Waals surface area (Å²) in [7, 11) is 2.19. The number of hydrogen-bond donors (Lipinski definition) is 1. The molecule has 0 saturated carbocycles. The molecule has 4 nitrogen and oxygen atoms in total. The lowest BCUT2D eigenvalue weighted by Crippen LogP contribution is -2.45. The molecule has 1 aromatic rings. The molecule has 3 rings (SSSR count). The third-order valence-electron chi connectivity index (χ3n) is 4.23. The van der Waals surface area contributed by atoms with Crippen LogP contribution in [-0.4, -0.2) is 43.2 Å². The molecule has 0 aromatic carbocycles.